The van der Waals surface area contributed by atoms with E-state index in [1.54, 1.807) is 6.33 Å². The van der Waals surface area contributed by atoms with Crippen LogP contribution in [0.25, 0.3) is 16.6 Å². The van der Waals surface area contributed by atoms with Crippen LogP contribution in [0, 0.1) is 6.92 Å². The number of benzene rings is 1. The van der Waals surface area contributed by atoms with Crippen LogP contribution in [0.15, 0.2) is 18.5 Å². The van der Waals surface area contributed by atoms with Gasteiger partial charge in [-0.15, -0.1) is 14.9 Å². The molecule has 0 radical (unpaired) electrons. The fourth-order valence-corrected chi connectivity index (χ4v) is 3.67. The molecule has 7 heteroatoms. The molecule has 0 saturated heterocycles. The molecule has 2 heterocycles. The van der Waals surface area contributed by atoms with Gasteiger partial charge in [-0.25, -0.2) is 4.98 Å². The molecule has 3 aromatic rings. The Hall–Kier alpha value is -1.70. The molecule has 0 bridgehead atoms. The third-order valence-corrected chi connectivity index (χ3v) is 5.89. The molecule has 1 aromatic carbocycles. The van der Waals surface area contributed by atoms with Crippen molar-refractivity contribution in [3.63, 3.8) is 0 Å². The molecule has 0 aliphatic rings. The summed E-state index contributed by atoms with van der Waals surface area (Å²) in [4.78, 5) is 4.87. The van der Waals surface area contributed by atoms with E-state index in [9.17, 15) is 4.55 Å². The van der Waals surface area contributed by atoms with E-state index in [1.807, 2.05) is 32.1 Å². The van der Waals surface area contributed by atoms with Gasteiger partial charge in [0.25, 0.3) is 0 Å². The molecule has 3 rings (SSSR count). The summed E-state index contributed by atoms with van der Waals surface area (Å²) in [5.41, 5.74) is 3.87. The van der Waals surface area contributed by atoms with E-state index in [1.165, 1.54) is 0 Å². The van der Waals surface area contributed by atoms with E-state index in [2.05, 4.69) is 40.9 Å². The van der Waals surface area contributed by atoms with Crippen LogP contribution in [0.1, 0.15) is 57.6 Å². The Morgan fingerprint density at radius 1 is 1.32 bits per heavy atom. The first kappa shape index (κ1) is 18.1. The van der Waals surface area contributed by atoms with Gasteiger partial charge in [-0.2, -0.15) is 0 Å². The highest BCUT2D eigenvalue weighted by molar-refractivity contribution is 7.90. The summed E-state index contributed by atoms with van der Waals surface area (Å²) in [7, 11) is 0. The Kier molecular flexibility index (Phi) is 4.74. The van der Waals surface area contributed by atoms with Gasteiger partial charge in [-0.3, -0.25) is 4.40 Å². The molecule has 6 nitrogen and oxygen atoms in total. The maximum atomic E-state index is 12.5. The minimum atomic E-state index is -1.15. The zero-order valence-corrected chi connectivity index (χ0v) is 16.4. The molecule has 1 N–H and O–H groups in total. The van der Waals surface area contributed by atoms with Crippen molar-refractivity contribution >= 4 is 27.9 Å². The van der Waals surface area contributed by atoms with Gasteiger partial charge in [0, 0.05) is 23.2 Å². The number of rotatable bonds is 4. The summed E-state index contributed by atoms with van der Waals surface area (Å²) in [5, 5.41) is 9.32. The normalized spacial score (nSPS) is 15.0. The number of aryl methyl sites for hydroxylation is 2. The summed E-state index contributed by atoms with van der Waals surface area (Å²) in [6, 6.07) is 4.10. The van der Waals surface area contributed by atoms with Crippen molar-refractivity contribution in [1.82, 2.24) is 24.3 Å². The van der Waals surface area contributed by atoms with Crippen molar-refractivity contribution in [2.75, 3.05) is 0 Å². The highest BCUT2D eigenvalue weighted by Crippen LogP contribution is 2.29. The molecule has 0 spiro atoms. The predicted molar refractivity (Wildman–Crippen MR) is 102 cm³/mol. The molecule has 0 unspecified atom stereocenters. The molecular formula is C18H25N5OS. The number of fused-ring (bicyclic) bond motifs is 3. The van der Waals surface area contributed by atoms with Crippen LogP contribution in [0.2, 0.25) is 0 Å². The van der Waals surface area contributed by atoms with E-state index < -0.39 is 11.4 Å². The second-order valence-corrected chi connectivity index (χ2v) is 9.37. The van der Waals surface area contributed by atoms with Crippen molar-refractivity contribution in [3.05, 3.63) is 35.4 Å². The first-order valence-corrected chi connectivity index (χ1v) is 9.68. The predicted octanol–water partition coefficient (Wildman–Crippen LogP) is 3.26. The monoisotopic (exact) mass is 359 g/mol. The van der Waals surface area contributed by atoms with E-state index in [4.69, 9.17) is 4.98 Å². The lowest BCUT2D eigenvalue weighted by atomic mass is 10.0. The Morgan fingerprint density at radius 2 is 2.04 bits per heavy atom. The van der Waals surface area contributed by atoms with E-state index >= 15 is 0 Å². The number of nitrogens with zero attached hydrogens (tertiary/aromatic N) is 4. The maximum Gasteiger partial charge on any atom is 0.171 e. The molecular weight excluding hydrogens is 334 g/mol. The molecule has 0 fully saturated rings. The van der Waals surface area contributed by atoms with Gasteiger partial charge in [-0.1, -0.05) is 13.0 Å². The third kappa shape index (κ3) is 3.36. The van der Waals surface area contributed by atoms with Crippen LogP contribution in [0.5, 0.6) is 0 Å². The van der Waals surface area contributed by atoms with Gasteiger partial charge in [0.2, 0.25) is 0 Å². The summed E-state index contributed by atoms with van der Waals surface area (Å²) in [6.07, 6.45) is 2.49. The Bertz CT molecular complexity index is 915. The number of aromatic nitrogens is 4. The highest BCUT2D eigenvalue weighted by atomic mass is 32.2. The summed E-state index contributed by atoms with van der Waals surface area (Å²) in [6.45, 7) is 12.0. The van der Waals surface area contributed by atoms with Gasteiger partial charge in [-0.05, 0) is 51.8 Å². The quantitative estimate of drug-likeness (QED) is 0.724. The Labute approximate surface area is 151 Å². The Balaban J connectivity index is 2.17. The number of hydrogen-bond acceptors (Lipinski definition) is 5. The third-order valence-electron chi connectivity index (χ3n) is 4.21. The SMILES string of the molecule is CCc1nc2c([C@@H](C)N[S@+]([O-])C(C)(C)C)cc(C)cc2c2nncn12. The smallest absolute Gasteiger partial charge is 0.171 e. The van der Waals surface area contributed by atoms with Crippen LogP contribution in [-0.2, 0) is 17.8 Å². The topological polar surface area (TPSA) is 78.2 Å². The van der Waals surface area contributed by atoms with Crippen LogP contribution >= 0.6 is 0 Å². The standard InChI is InChI=1S/C18H25N5OS/c1-7-15-20-16-13(12(3)22-25(24)18(4,5)6)8-11(2)9-14(16)17-21-19-10-23(15)17/h8-10,12,22H,7H2,1-6H3/t12-,25-/m1/s1. The number of hydrogen-bond donors (Lipinski definition) is 1. The van der Waals surface area contributed by atoms with Crippen molar-refractivity contribution in [3.8, 4) is 0 Å². The largest absolute Gasteiger partial charge is 0.598 e. The molecule has 134 valence electrons. The first-order valence-electron chi connectivity index (χ1n) is 8.53. The second kappa shape index (κ2) is 6.55. The van der Waals surface area contributed by atoms with Crippen LogP contribution in [0.3, 0.4) is 0 Å². The molecule has 2 atom stereocenters. The number of nitrogens with one attached hydrogen (secondary N) is 1. The molecule has 2 aromatic heterocycles. The summed E-state index contributed by atoms with van der Waals surface area (Å²) in [5.74, 6) is 0.918. The molecule has 0 aliphatic heterocycles. The maximum absolute atomic E-state index is 12.5. The van der Waals surface area contributed by atoms with Gasteiger partial charge in [0.1, 0.15) is 16.9 Å². The van der Waals surface area contributed by atoms with Gasteiger partial charge in [0.05, 0.1) is 11.6 Å². The highest BCUT2D eigenvalue weighted by Gasteiger charge is 2.29. The van der Waals surface area contributed by atoms with E-state index in [-0.39, 0.29) is 10.8 Å². The molecule has 25 heavy (non-hydrogen) atoms. The fraction of sp³-hybridized carbons (Fsp3) is 0.500. The fourth-order valence-electron chi connectivity index (χ4n) is 2.87. The molecule has 0 saturated carbocycles. The lowest BCUT2D eigenvalue weighted by Gasteiger charge is -2.27. The van der Waals surface area contributed by atoms with Gasteiger partial charge in [0.15, 0.2) is 5.65 Å². The second-order valence-electron chi connectivity index (χ2n) is 7.38. The van der Waals surface area contributed by atoms with Crippen LogP contribution in [0.4, 0.5) is 0 Å². The average Bonchev–Trinajstić information content (AvgIpc) is 3.02. The summed E-state index contributed by atoms with van der Waals surface area (Å²) < 4.78 is 17.4. The van der Waals surface area contributed by atoms with E-state index in [0.717, 1.165) is 39.9 Å². The summed E-state index contributed by atoms with van der Waals surface area (Å²) >= 11 is -1.15. The van der Waals surface area contributed by atoms with E-state index in [0.29, 0.717) is 0 Å². The van der Waals surface area contributed by atoms with Gasteiger partial charge >= 0.3 is 0 Å². The molecule has 0 aliphatic carbocycles. The zero-order chi connectivity index (χ0) is 18.4. The van der Waals surface area contributed by atoms with Crippen LogP contribution in [-0.4, -0.2) is 28.9 Å². The van der Waals surface area contributed by atoms with Gasteiger partial charge < -0.3 is 4.55 Å². The van der Waals surface area contributed by atoms with Crippen molar-refractivity contribution in [2.24, 2.45) is 0 Å². The Morgan fingerprint density at radius 3 is 2.68 bits per heavy atom. The minimum absolute atomic E-state index is 0.0926. The minimum Gasteiger partial charge on any atom is -0.598 e. The van der Waals surface area contributed by atoms with Crippen molar-refractivity contribution in [2.45, 2.75) is 58.8 Å². The average molecular weight is 359 g/mol. The van der Waals surface area contributed by atoms with Crippen molar-refractivity contribution in [1.29, 1.82) is 0 Å². The van der Waals surface area contributed by atoms with Crippen LogP contribution < -0.4 is 4.72 Å². The lowest BCUT2D eigenvalue weighted by molar-refractivity contribution is 0.531. The van der Waals surface area contributed by atoms with Crippen molar-refractivity contribution < 1.29 is 4.55 Å². The lowest BCUT2D eigenvalue weighted by Crippen LogP contribution is -2.40. The first-order chi connectivity index (χ1) is 11.7. The molecule has 0 amide bonds. The zero-order valence-electron chi connectivity index (χ0n) is 15.6.